The standard InChI is InChI=1S/C9H15NO2/c1-5-6-7-12-9(8(2)3)10-11-4/h5-6H,2,7H2,1,3-4H3/b6-5+,10-9-. The number of ether oxygens (including phenoxy) is 1. The van der Waals surface area contributed by atoms with Gasteiger partial charge in [-0.05, 0) is 19.0 Å². The fraction of sp³-hybridized carbons (Fsp3) is 0.444. The van der Waals surface area contributed by atoms with E-state index in [1.54, 1.807) is 0 Å². The van der Waals surface area contributed by atoms with Gasteiger partial charge in [-0.15, -0.1) is 0 Å². The number of nitrogens with zero attached hydrogens (tertiary/aromatic N) is 1. The minimum atomic E-state index is 0.440. The zero-order valence-corrected chi connectivity index (χ0v) is 7.83. The lowest BCUT2D eigenvalue weighted by Crippen LogP contribution is -2.06. The number of allylic oxidation sites excluding steroid dienone is 1. The zero-order valence-electron chi connectivity index (χ0n) is 7.83. The lowest BCUT2D eigenvalue weighted by atomic mass is 10.3. The van der Waals surface area contributed by atoms with Crippen LogP contribution in [0.5, 0.6) is 0 Å². The molecule has 0 radical (unpaired) electrons. The summed E-state index contributed by atoms with van der Waals surface area (Å²) in [6.45, 7) is 7.93. The first kappa shape index (κ1) is 10.8. The lowest BCUT2D eigenvalue weighted by molar-refractivity contribution is 0.196. The summed E-state index contributed by atoms with van der Waals surface area (Å²) in [7, 11) is 1.47. The van der Waals surface area contributed by atoms with E-state index in [4.69, 9.17) is 4.74 Å². The van der Waals surface area contributed by atoms with Gasteiger partial charge in [-0.2, -0.15) is 0 Å². The highest BCUT2D eigenvalue weighted by Crippen LogP contribution is 1.96. The molecule has 0 aromatic carbocycles. The molecule has 0 heterocycles. The summed E-state index contributed by atoms with van der Waals surface area (Å²) in [4.78, 5) is 4.57. The molecule has 3 heteroatoms. The number of hydrogen-bond donors (Lipinski definition) is 0. The predicted octanol–water partition coefficient (Wildman–Crippen LogP) is 2.12. The number of oxime groups is 1. The van der Waals surface area contributed by atoms with Crippen molar-refractivity contribution in [2.24, 2.45) is 5.16 Å². The van der Waals surface area contributed by atoms with E-state index in [0.29, 0.717) is 12.5 Å². The molecule has 0 fully saturated rings. The van der Waals surface area contributed by atoms with Gasteiger partial charge in [0.05, 0.1) is 0 Å². The van der Waals surface area contributed by atoms with Crippen molar-refractivity contribution < 1.29 is 9.57 Å². The smallest absolute Gasteiger partial charge is 0.252 e. The number of rotatable bonds is 4. The van der Waals surface area contributed by atoms with Crippen LogP contribution >= 0.6 is 0 Å². The quantitative estimate of drug-likeness (QED) is 0.279. The normalized spacial score (nSPS) is 11.8. The van der Waals surface area contributed by atoms with E-state index in [2.05, 4.69) is 16.6 Å². The average Bonchev–Trinajstić information content (AvgIpc) is 2.03. The Balaban J connectivity index is 3.97. The van der Waals surface area contributed by atoms with Gasteiger partial charge in [-0.3, -0.25) is 0 Å². The van der Waals surface area contributed by atoms with Gasteiger partial charge in [0.15, 0.2) is 0 Å². The van der Waals surface area contributed by atoms with Gasteiger partial charge < -0.3 is 9.57 Å². The Kier molecular flexibility index (Phi) is 5.79. The molecule has 0 atom stereocenters. The average molecular weight is 169 g/mol. The largest absolute Gasteiger partial charge is 0.471 e. The molecule has 3 nitrogen and oxygen atoms in total. The third kappa shape index (κ3) is 4.55. The lowest BCUT2D eigenvalue weighted by Gasteiger charge is -2.04. The van der Waals surface area contributed by atoms with E-state index in [-0.39, 0.29) is 0 Å². The van der Waals surface area contributed by atoms with E-state index in [1.807, 2.05) is 26.0 Å². The molecule has 0 spiro atoms. The zero-order chi connectivity index (χ0) is 9.40. The predicted molar refractivity (Wildman–Crippen MR) is 50.0 cm³/mol. The summed E-state index contributed by atoms with van der Waals surface area (Å²) >= 11 is 0. The first-order valence-corrected chi connectivity index (χ1v) is 3.73. The third-order valence-electron chi connectivity index (χ3n) is 1.09. The minimum absolute atomic E-state index is 0.440. The van der Waals surface area contributed by atoms with Gasteiger partial charge in [0.2, 0.25) is 0 Å². The van der Waals surface area contributed by atoms with Crippen LogP contribution in [-0.4, -0.2) is 19.6 Å². The van der Waals surface area contributed by atoms with E-state index >= 15 is 0 Å². The molecular weight excluding hydrogens is 154 g/mol. The summed E-state index contributed by atoms with van der Waals surface area (Å²) in [6.07, 6.45) is 3.79. The van der Waals surface area contributed by atoms with E-state index < -0.39 is 0 Å². The van der Waals surface area contributed by atoms with Crippen LogP contribution < -0.4 is 0 Å². The molecule has 0 N–H and O–H groups in total. The first-order valence-electron chi connectivity index (χ1n) is 3.73. The maximum absolute atomic E-state index is 5.22. The molecule has 0 unspecified atom stereocenters. The van der Waals surface area contributed by atoms with Crippen molar-refractivity contribution in [3.63, 3.8) is 0 Å². The van der Waals surface area contributed by atoms with Crippen LogP contribution in [0, 0.1) is 0 Å². The van der Waals surface area contributed by atoms with Gasteiger partial charge >= 0.3 is 0 Å². The van der Waals surface area contributed by atoms with Gasteiger partial charge in [0.25, 0.3) is 5.90 Å². The second-order valence-electron chi connectivity index (χ2n) is 2.24. The third-order valence-corrected chi connectivity index (χ3v) is 1.09. The Hall–Kier alpha value is -1.25. The molecular formula is C9H15NO2. The fourth-order valence-electron chi connectivity index (χ4n) is 0.534. The van der Waals surface area contributed by atoms with E-state index in [0.717, 1.165) is 5.57 Å². The second-order valence-corrected chi connectivity index (χ2v) is 2.24. The summed E-state index contributed by atoms with van der Waals surface area (Å²) in [6, 6.07) is 0. The Bertz CT molecular complexity index is 195. The highest BCUT2D eigenvalue weighted by atomic mass is 16.6. The van der Waals surface area contributed by atoms with Crippen molar-refractivity contribution in [3.05, 3.63) is 24.3 Å². The van der Waals surface area contributed by atoms with Crippen LogP contribution in [0.25, 0.3) is 0 Å². The Morgan fingerprint density at radius 2 is 2.25 bits per heavy atom. The van der Waals surface area contributed by atoms with Crippen LogP contribution in [0.3, 0.4) is 0 Å². The van der Waals surface area contributed by atoms with Gasteiger partial charge in [-0.1, -0.05) is 18.7 Å². The monoisotopic (exact) mass is 169 g/mol. The maximum atomic E-state index is 5.22. The fourth-order valence-corrected chi connectivity index (χ4v) is 0.534. The highest BCUT2D eigenvalue weighted by molar-refractivity contribution is 5.91. The molecule has 0 amide bonds. The van der Waals surface area contributed by atoms with Crippen molar-refractivity contribution in [1.82, 2.24) is 0 Å². The molecule has 68 valence electrons. The molecule has 0 bridgehead atoms. The van der Waals surface area contributed by atoms with Crippen LogP contribution in [0.2, 0.25) is 0 Å². The van der Waals surface area contributed by atoms with E-state index in [1.165, 1.54) is 7.11 Å². The van der Waals surface area contributed by atoms with Crippen molar-refractivity contribution in [2.45, 2.75) is 13.8 Å². The maximum Gasteiger partial charge on any atom is 0.252 e. The Morgan fingerprint density at radius 1 is 1.58 bits per heavy atom. The van der Waals surface area contributed by atoms with Gasteiger partial charge in [-0.25, -0.2) is 0 Å². The minimum Gasteiger partial charge on any atom is -0.471 e. The summed E-state index contributed by atoms with van der Waals surface area (Å²) in [5.41, 5.74) is 0.751. The van der Waals surface area contributed by atoms with Crippen molar-refractivity contribution >= 4 is 5.90 Å². The van der Waals surface area contributed by atoms with Crippen molar-refractivity contribution in [1.29, 1.82) is 0 Å². The van der Waals surface area contributed by atoms with Gasteiger partial charge in [0.1, 0.15) is 13.7 Å². The second kappa shape index (κ2) is 6.46. The molecule has 0 aliphatic heterocycles. The number of hydrogen-bond acceptors (Lipinski definition) is 3. The molecule has 0 rings (SSSR count). The van der Waals surface area contributed by atoms with Gasteiger partial charge in [0, 0.05) is 5.57 Å². The first-order chi connectivity index (χ1) is 5.72. The molecule has 0 aliphatic carbocycles. The SMILES string of the molecule is C=C(C)/C(=N/OC)OC/C=C/C. The van der Waals surface area contributed by atoms with Crippen LogP contribution in [0.15, 0.2) is 29.5 Å². The van der Waals surface area contributed by atoms with Crippen molar-refractivity contribution in [3.8, 4) is 0 Å². The molecule has 0 saturated heterocycles. The van der Waals surface area contributed by atoms with Crippen molar-refractivity contribution in [2.75, 3.05) is 13.7 Å². The van der Waals surface area contributed by atoms with E-state index in [9.17, 15) is 0 Å². The van der Waals surface area contributed by atoms with Crippen LogP contribution in [0.1, 0.15) is 13.8 Å². The van der Waals surface area contributed by atoms with Crippen LogP contribution in [-0.2, 0) is 9.57 Å². The molecule has 0 aromatic rings. The van der Waals surface area contributed by atoms with Crippen LogP contribution in [0.4, 0.5) is 0 Å². The highest BCUT2D eigenvalue weighted by Gasteiger charge is 1.99. The molecule has 0 saturated carbocycles. The summed E-state index contributed by atoms with van der Waals surface area (Å²) in [5, 5.41) is 3.66. The molecule has 12 heavy (non-hydrogen) atoms. The Labute approximate surface area is 73.4 Å². The topological polar surface area (TPSA) is 30.8 Å². The molecule has 0 aromatic heterocycles. The Morgan fingerprint density at radius 3 is 2.67 bits per heavy atom. The molecule has 0 aliphatic rings. The summed E-state index contributed by atoms with van der Waals surface area (Å²) in [5.74, 6) is 0.440. The summed E-state index contributed by atoms with van der Waals surface area (Å²) < 4.78 is 5.22.